The van der Waals surface area contributed by atoms with Crippen molar-refractivity contribution in [2.24, 2.45) is 0 Å². The van der Waals surface area contributed by atoms with Crippen LogP contribution in [0.5, 0.6) is 0 Å². The summed E-state index contributed by atoms with van der Waals surface area (Å²) in [6, 6.07) is 25.0. The van der Waals surface area contributed by atoms with Crippen LogP contribution in [0.3, 0.4) is 0 Å². The average Bonchev–Trinajstić information content (AvgIpc) is 3.84. The third kappa shape index (κ3) is 5.70. The summed E-state index contributed by atoms with van der Waals surface area (Å²) >= 11 is 0. The van der Waals surface area contributed by atoms with E-state index in [0.29, 0.717) is 23.9 Å². The molecule has 7 rings (SSSR count). The predicted octanol–water partition coefficient (Wildman–Crippen LogP) is 5.20. The Labute approximate surface area is 249 Å². The SMILES string of the molecule is O=C(c1cnn(-c2ccc(F)cc2)c1C1CCN(Cc2ccc(-c3nn[nH]n3)cc2)CC1)N1CC[C@H](c2ccccc2)C1. The fourth-order valence-corrected chi connectivity index (χ4v) is 6.48. The van der Waals surface area contributed by atoms with Gasteiger partial charge in [0.25, 0.3) is 5.91 Å². The molecule has 0 saturated carbocycles. The van der Waals surface area contributed by atoms with Crippen molar-refractivity contribution in [3.63, 3.8) is 0 Å². The minimum atomic E-state index is -0.295. The van der Waals surface area contributed by atoms with Crippen LogP contribution in [0.2, 0.25) is 0 Å². The first-order valence-electron chi connectivity index (χ1n) is 14.9. The van der Waals surface area contributed by atoms with E-state index in [0.717, 1.165) is 62.4 Å². The highest BCUT2D eigenvalue weighted by atomic mass is 19.1. The Kier molecular flexibility index (Phi) is 7.51. The molecule has 1 amide bonds. The maximum absolute atomic E-state index is 14.0. The monoisotopic (exact) mass is 576 g/mol. The minimum absolute atomic E-state index is 0.0333. The summed E-state index contributed by atoms with van der Waals surface area (Å²) < 4.78 is 15.6. The summed E-state index contributed by atoms with van der Waals surface area (Å²) in [4.78, 5) is 18.4. The van der Waals surface area contributed by atoms with Crippen molar-refractivity contribution >= 4 is 5.91 Å². The van der Waals surface area contributed by atoms with Gasteiger partial charge in [-0.05, 0) is 73.0 Å². The van der Waals surface area contributed by atoms with E-state index in [1.807, 2.05) is 27.8 Å². The van der Waals surface area contributed by atoms with E-state index in [1.54, 1.807) is 18.3 Å². The molecule has 43 heavy (non-hydrogen) atoms. The highest BCUT2D eigenvalue weighted by Crippen LogP contribution is 2.35. The van der Waals surface area contributed by atoms with Gasteiger partial charge in [-0.2, -0.15) is 10.3 Å². The number of amides is 1. The third-order valence-electron chi connectivity index (χ3n) is 8.79. The summed E-state index contributed by atoms with van der Waals surface area (Å²) in [6.07, 6.45) is 4.47. The number of nitrogens with one attached hydrogen (secondary N) is 1. The van der Waals surface area contributed by atoms with Crippen LogP contribution in [0.1, 0.15) is 58.3 Å². The molecule has 10 heteroatoms. The summed E-state index contributed by atoms with van der Waals surface area (Å²) in [5, 5.41) is 18.9. The highest BCUT2D eigenvalue weighted by molar-refractivity contribution is 5.95. The van der Waals surface area contributed by atoms with Gasteiger partial charge in [0, 0.05) is 37.0 Å². The van der Waals surface area contributed by atoms with Crippen LogP contribution in [0.15, 0.2) is 85.1 Å². The summed E-state index contributed by atoms with van der Waals surface area (Å²) in [5.74, 6) is 0.823. The molecule has 2 aliphatic rings. The van der Waals surface area contributed by atoms with Gasteiger partial charge in [0.1, 0.15) is 5.82 Å². The standard InChI is InChI=1S/C33H33FN8O/c34-28-10-12-29(13-11-28)42-31(30(20-35-42)33(43)41-19-16-27(22-41)24-4-2-1-3-5-24)25-14-17-40(18-15-25)21-23-6-8-26(9-7-23)32-36-38-39-37-32/h1-13,20,25,27H,14-19,21-22H2,(H,36,37,38,39)/t27-/m0/s1. The van der Waals surface area contributed by atoms with E-state index in [9.17, 15) is 9.18 Å². The number of hydrogen-bond acceptors (Lipinski definition) is 6. The van der Waals surface area contributed by atoms with Crippen LogP contribution in [0.4, 0.5) is 4.39 Å². The van der Waals surface area contributed by atoms with Crippen molar-refractivity contribution < 1.29 is 9.18 Å². The van der Waals surface area contributed by atoms with E-state index in [4.69, 9.17) is 5.10 Å². The zero-order valence-electron chi connectivity index (χ0n) is 23.8. The van der Waals surface area contributed by atoms with Gasteiger partial charge < -0.3 is 4.90 Å². The van der Waals surface area contributed by atoms with Crippen LogP contribution >= 0.6 is 0 Å². The number of hydrogen-bond donors (Lipinski definition) is 1. The van der Waals surface area contributed by atoms with Crippen molar-refractivity contribution in [2.75, 3.05) is 26.2 Å². The van der Waals surface area contributed by atoms with Gasteiger partial charge in [-0.15, -0.1) is 10.2 Å². The minimum Gasteiger partial charge on any atom is -0.338 e. The number of benzene rings is 3. The van der Waals surface area contributed by atoms with Crippen LogP contribution < -0.4 is 0 Å². The molecular formula is C33H33FN8O. The molecule has 2 aliphatic heterocycles. The molecule has 1 atom stereocenters. The van der Waals surface area contributed by atoms with Crippen molar-refractivity contribution in [1.29, 1.82) is 0 Å². The van der Waals surface area contributed by atoms with E-state index in [1.165, 1.54) is 23.3 Å². The second kappa shape index (κ2) is 11.9. The smallest absolute Gasteiger partial charge is 0.257 e. The molecular weight excluding hydrogens is 543 g/mol. The summed E-state index contributed by atoms with van der Waals surface area (Å²) in [6.45, 7) is 4.08. The topological polar surface area (TPSA) is 95.8 Å². The normalized spacial score (nSPS) is 17.9. The molecule has 0 aliphatic carbocycles. The number of carbonyl (C=O) groups is 1. The largest absolute Gasteiger partial charge is 0.338 e. The van der Waals surface area contributed by atoms with Crippen LogP contribution in [0.25, 0.3) is 17.1 Å². The number of halogens is 1. The third-order valence-corrected chi connectivity index (χ3v) is 8.79. The maximum atomic E-state index is 14.0. The van der Waals surface area contributed by atoms with Gasteiger partial charge >= 0.3 is 0 Å². The number of piperidine rings is 1. The summed E-state index contributed by atoms with van der Waals surface area (Å²) in [5.41, 5.74) is 5.79. The number of tetrazole rings is 1. The molecule has 3 aromatic carbocycles. The first kappa shape index (κ1) is 27.2. The second-order valence-electron chi connectivity index (χ2n) is 11.5. The number of carbonyl (C=O) groups excluding carboxylic acids is 1. The molecule has 2 saturated heterocycles. The number of rotatable bonds is 7. The molecule has 2 fully saturated rings. The molecule has 218 valence electrons. The maximum Gasteiger partial charge on any atom is 0.257 e. The molecule has 0 bridgehead atoms. The molecule has 0 spiro atoms. The average molecular weight is 577 g/mol. The molecule has 9 nitrogen and oxygen atoms in total. The Morgan fingerprint density at radius 1 is 0.884 bits per heavy atom. The van der Waals surface area contributed by atoms with Crippen molar-refractivity contribution in [2.45, 2.75) is 37.6 Å². The van der Waals surface area contributed by atoms with Gasteiger partial charge in [-0.1, -0.05) is 54.6 Å². The Hall–Kier alpha value is -4.70. The number of aromatic amines is 1. The number of H-pyrrole nitrogens is 1. The Morgan fingerprint density at radius 3 is 2.35 bits per heavy atom. The van der Waals surface area contributed by atoms with Crippen LogP contribution in [-0.2, 0) is 6.54 Å². The van der Waals surface area contributed by atoms with Crippen molar-refractivity contribution in [1.82, 2.24) is 40.2 Å². The first-order chi connectivity index (χ1) is 21.1. The van der Waals surface area contributed by atoms with E-state index in [2.05, 4.69) is 61.9 Å². The quantitative estimate of drug-likeness (QED) is 0.286. The van der Waals surface area contributed by atoms with Crippen molar-refractivity contribution in [3.05, 3.63) is 113 Å². The lowest BCUT2D eigenvalue weighted by Gasteiger charge is -2.33. The first-order valence-corrected chi connectivity index (χ1v) is 14.9. The van der Waals surface area contributed by atoms with Gasteiger partial charge in [0.15, 0.2) is 0 Å². The van der Waals surface area contributed by atoms with Crippen molar-refractivity contribution in [3.8, 4) is 17.1 Å². The number of nitrogens with zero attached hydrogens (tertiary/aromatic N) is 7. The van der Waals surface area contributed by atoms with Crippen LogP contribution in [0, 0.1) is 5.82 Å². The van der Waals surface area contributed by atoms with Gasteiger partial charge in [0.2, 0.25) is 5.82 Å². The Morgan fingerprint density at radius 2 is 1.63 bits per heavy atom. The lowest BCUT2D eigenvalue weighted by molar-refractivity contribution is 0.0788. The second-order valence-corrected chi connectivity index (χ2v) is 11.5. The Bertz CT molecular complexity index is 1660. The molecule has 0 radical (unpaired) electrons. The molecule has 2 aromatic heterocycles. The van der Waals surface area contributed by atoms with Gasteiger partial charge in [-0.25, -0.2) is 9.07 Å². The van der Waals surface area contributed by atoms with E-state index >= 15 is 0 Å². The zero-order chi connectivity index (χ0) is 29.2. The lowest BCUT2D eigenvalue weighted by Crippen LogP contribution is -2.34. The molecule has 1 N–H and O–H groups in total. The number of aromatic nitrogens is 6. The van der Waals surface area contributed by atoms with E-state index in [-0.39, 0.29) is 17.6 Å². The molecule has 5 aromatic rings. The molecule has 0 unspecified atom stereocenters. The van der Waals surface area contributed by atoms with E-state index < -0.39 is 0 Å². The van der Waals surface area contributed by atoms with Crippen LogP contribution in [-0.4, -0.2) is 72.3 Å². The highest BCUT2D eigenvalue weighted by Gasteiger charge is 2.34. The van der Waals surface area contributed by atoms with Gasteiger partial charge in [0.05, 0.1) is 23.1 Å². The summed E-state index contributed by atoms with van der Waals surface area (Å²) in [7, 11) is 0. The predicted molar refractivity (Wildman–Crippen MR) is 160 cm³/mol. The number of likely N-dealkylation sites (tertiary alicyclic amines) is 2. The fourth-order valence-electron chi connectivity index (χ4n) is 6.48. The lowest BCUT2D eigenvalue weighted by atomic mass is 9.90. The van der Waals surface area contributed by atoms with Gasteiger partial charge in [-0.3, -0.25) is 9.69 Å². The molecule has 4 heterocycles. The fraction of sp³-hybridized carbons (Fsp3) is 0.303. The Balaban J connectivity index is 1.08. The zero-order valence-corrected chi connectivity index (χ0v) is 23.8.